The molecular formula is C29H35F2N7O4S. The molecule has 2 saturated heterocycles. The highest BCUT2D eigenvalue weighted by atomic mass is 32.2. The Kier molecular flexibility index (Phi) is 7.51. The van der Waals surface area contributed by atoms with E-state index < -0.39 is 27.7 Å². The van der Waals surface area contributed by atoms with Crippen LogP contribution in [0.1, 0.15) is 44.2 Å². The summed E-state index contributed by atoms with van der Waals surface area (Å²) in [6, 6.07) is 7.05. The van der Waals surface area contributed by atoms with Crippen LogP contribution in [0.3, 0.4) is 0 Å². The van der Waals surface area contributed by atoms with Crippen LogP contribution in [0.2, 0.25) is 0 Å². The van der Waals surface area contributed by atoms with Gasteiger partial charge in [-0.3, -0.25) is 9.52 Å². The fraction of sp³-hybridized carbons (Fsp3) is 0.517. The first-order valence-corrected chi connectivity index (χ1v) is 16.1. The van der Waals surface area contributed by atoms with E-state index in [1.807, 2.05) is 19.2 Å². The van der Waals surface area contributed by atoms with E-state index in [1.54, 1.807) is 34.0 Å². The summed E-state index contributed by atoms with van der Waals surface area (Å²) in [5.41, 5.74) is 4.45. The summed E-state index contributed by atoms with van der Waals surface area (Å²) in [5.74, 6) is -3.87. The Morgan fingerprint density at radius 1 is 0.977 bits per heavy atom. The molecule has 0 radical (unpaired) electrons. The molecule has 43 heavy (non-hydrogen) atoms. The molecule has 0 amide bonds. The minimum Gasteiger partial charge on any atom is -0.468 e. The number of anilines is 3. The minimum atomic E-state index is -3.96. The first-order chi connectivity index (χ1) is 20.4. The van der Waals surface area contributed by atoms with E-state index in [0.29, 0.717) is 22.7 Å². The summed E-state index contributed by atoms with van der Waals surface area (Å²) in [6.07, 6.45) is 7.73. The van der Waals surface area contributed by atoms with Crippen molar-refractivity contribution in [3.63, 3.8) is 0 Å². The molecule has 0 unspecified atom stereocenters. The zero-order valence-corrected chi connectivity index (χ0v) is 25.0. The molecule has 6 rings (SSSR count). The maximum absolute atomic E-state index is 13.7. The van der Waals surface area contributed by atoms with E-state index in [1.165, 1.54) is 12.8 Å². The highest BCUT2D eigenvalue weighted by molar-refractivity contribution is 7.93. The molecule has 230 valence electrons. The number of carbonyl (C=O) groups is 1. The average molecular weight is 616 g/mol. The second kappa shape index (κ2) is 11.0. The summed E-state index contributed by atoms with van der Waals surface area (Å²) in [7, 11) is -2.82. The highest BCUT2D eigenvalue weighted by Gasteiger charge is 2.44. The molecule has 11 nitrogen and oxygen atoms in total. The molecule has 14 heteroatoms. The Hall–Kier alpha value is -3.81. The van der Waals surface area contributed by atoms with Crippen LogP contribution in [0, 0.1) is 12.3 Å². The van der Waals surface area contributed by atoms with Gasteiger partial charge in [-0.15, -0.1) is 0 Å². The van der Waals surface area contributed by atoms with E-state index in [9.17, 15) is 22.0 Å². The summed E-state index contributed by atoms with van der Waals surface area (Å²) < 4.78 is 61.3. The molecular weight excluding hydrogens is 580 g/mol. The van der Waals surface area contributed by atoms with Crippen molar-refractivity contribution in [2.24, 2.45) is 5.41 Å². The number of rotatable bonds is 8. The standard InChI is InChI=1S/C29H35F2N7O4S/c1-20-15-23(34-27(33-20)37-13-9-29(30,31)10-14-37)21-17-32-38(18-21)24-4-3-22(35-43(40,41)19-26(39)42-2)16-25(24)36-11-7-28(5-6-28)8-12-36/h3-4,15-18,35H,5-14,19H2,1-2H3. The quantitative estimate of drug-likeness (QED) is 0.372. The smallest absolute Gasteiger partial charge is 0.322 e. The van der Waals surface area contributed by atoms with Gasteiger partial charge >= 0.3 is 5.97 Å². The van der Waals surface area contributed by atoms with Gasteiger partial charge in [-0.2, -0.15) is 5.10 Å². The number of aromatic nitrogens is 4. The normalized spacial score (nSPS) is 19.3. The molecule has 1 aromatic carbocycles. The maximum Gasteiger partial charge on any atom is 0.322 e. The van der Waals surface area contributed by atoms with E-state index in [0.717, 1.165) is 55.7 Å². The van der Waals surface area contributed by atoms with Crippen molar-refractivity contribution in [1.82, 2.24) is 19.7 Å². The lowest BCUT2D eigenvalue weighted by Gasteiger charge is -2.35. The summed E-state index contributed by atoms with van der Waals surface area (Å²) in [6.45, 7) is 3.89. The fourth-order valence-corrected chi connectivity index (χ4v) is 6.81. The molecule has 1 aliphatic carbocycles. The predicted octanol–water partition coefficient (Wildman–Crippen LogP) is 4.17. The Bertz CT molecular complexity index is 1620. The van der Waals surface area contributed by atoms with Crippen molar-refractivity contribution >= 4 is 33.3 Å². The van der Waals surface area contributed by atoms with Crippen LogP contribution in [0.25, 0.3) is 16.9 Å². The zero-order chi connectivity index (χ0) is 30.4. The molecule has 4 heterocycles. The van der Waals surface area contributed by atoms with Gasteiger partial charge in [-0.25, -0.2) is 31.8 Å². The summed E-state index contributed by atoms with van der Waals surface area (Å²) in [4.78, 5) is 24.8. The predicted molar refractivity (Wildman–Crippen MR) is 158 cm³/mol. The van der Waals surface area contributed by atoms with E-state index in [2.05, 4.69) is 24.4 Å². The number of aryl methyl sites for hydroxylation is 1. The number of methoxy groups -OCH3 is 1. The van der Waals surface area contributed by atoms with Crippen molar-refractivity contribution in [2.75, 3.05) is 53.6 Å². The molecule has 1 N–H and O–H groups in total. The second-order valence-corrected chi connectivity index (χ2v) is 13.6. The number of halogens is 2. The molecule has 1 spiro atoms. The fourth-order valence-electron chi connectivity index (χ4n) is 5.83. The number of esters is 1. The number of hydrogen-bond acceptors (Lipinski definition) is 9. The van der Waals surface area contributed by atoms with Crippen LogP contribution in [0.4, 0.5) is 26.1 Å². The number of nitrogens with one attached hydrogen (secondary N) is 1. The van der Waals surface area contributed by atoms with E-state index in [4.69, 9.17) is 4.98 Å². The van der Waals surface area contributed by atoms with Crippen LogP contribution in [0.15, 0.2) is 36.7 Å². The Morgan fingerprint density at radius 3 is 2.35 bits per heavy atom. The Morgan fingerprint density at radius 2 is 1.67 bits per heavy atom. The van der Waals surface area contributed by atoms with Crippen molar-refractivity contribution in [2.45, 2.75) is 51.4 Å². The van der Waals surface area contributed by atoms with Crippen LogP contribution < -0.4 is 14.5 Å². The van der Waals surface area contributed by atoms with Crippen LogP contribution in [-0.2, 0) is 19.6 Å². The summed E-state index contributed by atoms with van der Waals surface area (Å²) in [5, 5.41) is 4.62. The number of benzene rings is 1. The number of sulfonamides is 1. The number of carbonyl (C=O) groups excluding carboxylic acids is 1. The molecule has 2 aromatic heterocycles. The number of nitrogens with zero attached hydrogens (tertiary/aromatic N) is 6. The third-order valence-electron chi connectivity index (χ3n) is 8.65. The van der Waals surface area contributed by atoms with Gasteiger partial charge in [-0.05, 0) is 62.3 Å². The first kappa shape index (κ1) is 29.3. The third kappa shape index (κ3) is 6.58. The van der Waals surface area contributed by atoms with Gasteiger partial charge in [0.2, 0.25) is 16.0 Å². The lowest BCUT2D eigenvalue weighted by Crippen LogP contribution is -2.40. The molecule has 3 fully saturated rings. The topological polar surface area (TPSA) is 123 Å². The lowest BCUT2D eigenvalue weighted by atomic mass is 9.93. The molecule has 0 atom stereocenters. The van der Waals surface area contributed by atoms with Crippen LogP contribution in [-0.4, -0.2) is 79.1 Å². The average Bonchev–Trinajstić information content (AvgIpc) is 3.52. The van der Waals surface area contributed by atoms with E-state index >= 15 is 0 Å². The summed E-state index contributed by atoms with van der Waals surface area (Å²) >= 11 is 0. The van der Waals surface area contributed by atoms with Gasteiger partial charge in [0.05, 0.1) is 36.1 Å². The molecule has 1 saturated carbocycles. The second-order valence-electron chi connectivity index (χ2n) is 11.8. The number of alkyl halides is 2. The number of piperidine rings is 2. The van der Waals surface area contributed by atoms with Crippen molar-refractivity contribution in [3.05, 3.63) is 42.4 Å². The largest absolute Gasteiger partial charge is 0.468 e. The van der Waals surface area contributed by atoms with E-state index in [-0.39, 0.29) is 25.9 Å². The number of ether oxygens (including phenoxy) is 1. The highest BCUT2D eigenvalue weighted by Crippen LogP contribution is 2.54. The van der Waals surface area contributed by atoms with Crippen molar-refractivity contribution in [3.8, 4) is 16.9 Å². The SMILES string of the molecule is COC(=O)CS(=O)(=O)Nc1ccc(-n2cc(-c3cc(C)nc(N4CCC(F)(F)CC4)n3)cn2)c(N2CCC3(CC2)CC3)c1. The minimum absolute atomic E-state index is 0.186. The molecule has 3 aliphatic rings. The Labute approximate surface area is 249 Å². The van der Waals surface area contributed by atoms with Crippen molar-refractivity contribution < 1.29 is 26.7 Å². The van der Waals surface area contributed by atoms with Gasteiger partial charge < -0.3 is 14.5 Å². The monoisotopic (exact) mass is 615 g/mol. The third-order valence-corrected chi connectivity index (χ3v) is 9.81. The van der Waals surface area contributed by atoms with Gasteiger partial charge in [0.25, 0.3) is 5.92 Å². The first-order valence-electron chi connectivity index (χ1n) is 14.4. The lowest BCUT2D eigenvalue weighted by molar-refractivity contribution is -0.137. The van der Waals surface area contributed by atoms with Crippen molar-refractivity contribution in [1.29, 1.82) is 0 Å². The van der Waals surface area contributed by atoms with Gasteiger partial charge in [0, 0.05) is 56.5 Å². The zero-order valence-electron chi connectivity index (χ0n) is 24.2. The molecule has 3 aromatic rings. The molecule has 0 bridgehead atoms. The maximum atomic E-state index is 13.7. The molecule has 2 aliphatic heterocycles. The number of hydrogen-bond donors (Lipinski definition) is 1. The van der Waals surface area contributed by atoms with Gasteiger partial charge in [0.1, 0.15) is 0 Å². The Balaban J connectivity index is 1.29. The van der Waals surface area contributed by atoms with Crippen LogP contribution >= 0.6 is 0 Å². The van der Waals surface area contributed by atoms with Gasteiger partial charge in [0.15, 0.2) is 5.75 Å². The van der Waals surface area contributed by atoms with Gasteiger partial charge in [-0.1, -0.05) is 0 Å². The van der Waals surface area contributed by atoms with Crippen LogP contribution in [0.5, 0.6) is 0 Å².